The molecule has 56 heavy (non-hydrogen) atoms. The van der Waals surface area contributed by atoms with E-state index >= 15 is 0 Å². The molecular formula is C54H35NO. The monoisotopic (exact) mass is 713 g/mol. The molecule has 0 atom stereocenters. The van der Waals surface area contributed by atoms with E-state index < -0.39 is 0 Å². The van der Waals surface area contributed by atoms with E-state index in [4.69, 9.17) is 4.42 Å². The van der Waals surface area contributed by atoms with Crippen LogP contribution in [0, 0.1) is 0 Å². The van der Waals surface area contributed by atoms with Crippen molar-refractivity contribution in [1.29, 1.82) is 0 Å². The summed E-state index contributed by atoms with van der Waals surface area (Å²) in [5.74, 6) is 0. The van der Waals surface area contributed by atoms with Crippen LogP contribution in [0.2, 0.25) is 0 Å². The van der Waals surface area contributed by atoms with Gasteiger partial charge in [-0.15, -0.1) is 0 Å². The molecular weight excluding hydrogens is 679 g/mol. The summed E-state index contributed by atoms with van der Waals surface area (Å²) in [5.41, 5.74) is 12.2. The molecule has 0 amide bonds. The number of rotatable bonds is 6. The minimum absolute atomic E-state index is 0.867. The summed E-state index contributed by atoms with van der Waals surface area (Å²) < 4.78 is 6.69. The fourth-order valence-electron chi connectivity index (χ4n) is 8.63. The van der Waals surface area contributed by atoms with Crippen molar-refractivity contribution >= 4 is 71.3 Å². The molecule has 2 nitrogen and oxygen atoms in total. The first-order chi connectivity index (χ1) is 27.8. The Labute approximate surface area is 325 Å². The van der Waals surface area contributed by atoms with E-state index in [-0.39, 0.29) is 0 Å². The van der Waals surface area contributed by atoms with Crippen LogP contribution >= 0.6 is 0 Å². The maximum atomic E-state index is 6.69. The van der Waals surface area contributed by atoms with E-state index in [2.05, 4.69) is 217 Å². The molecule has 10 aromatic carbocycles. The zero-order chi connectivity index (χ0) is 37.0. The third-order valence-electron chi connectivity index (χ3n) is 11.3. The summed E-state index contributed by atoms with van der Waals surface area (Å²) in [6.07, 6.45) is 0. The van der Waals surface area contributed by atoms with Gasteiger partial charge in [-0.2, -0.15) is 0 Å². The third-order valence-corrected chi connectivity index (χ3v) is 11.3. The lowest BCUT2D eigenvalue weighted by molar-refractivity contribution is 0.672. The number of hydrogen-bond acceptors (Lipinski definition) is 2. The minimum atomic E-state index is 0.867. The van der Waals surface area contributed by atoms with E-state index in [1.807, 2.05) is 0 Å². The van der Waals surface area contributed by atoms with Gasteiger partial charge in [0.1, 0.15) is 11.2 Å². The Morgan fingerprint density at radius 1 is 0.321 bits per heavy atom. The predicted octanol–water partition coefficient (Wildman–Crippen LogP) is 15.5. The van der Waals surface area contributed by atoms with Gasteiger partial charge in [0.25, 0.3) is 0 Å². The smallest absolute Gasteiger partial charge is 0.143 e. The van der Waals surface area contributed by atoms with Crippen LogP contribution in [0.25, 0.3) is 87.6 Å². The van der Waals surface area contributed by atoms with Crippen LogP contribution in [0.4, 0.5) is 17.1 Å². The van der Waals surface area contributed by atoms with Crippen molar-refractivity contribution in [3.05, 3.63) is 212 Å². The minimum Gasteiger partial charge on any atom is -0.455 e. The second-order valence-electron chi connectivity index (χ2n) is 14.4. The molecule has 11 aromatic rings. The van der Waals surface area contributed by atoms with Gasteiger partial charge in [-0.1, -0.05) is 170 Å². The maximum Gasteiger partial charge on any atom is 0.143 e. The van der Waals surface area contributed by atoms with E-state index in [0.717, 1.165) is 44.4 Å². The second kappa shape index (κ2) is 13.2. The molecule has 0 aliphatic carbocycles. The summed E-state index contributed by atoms with van der Waals surface area (Å²) in [5, 5.41) is 9.46. The van der Waals surface area contributed by atoms with Gasteiger partial charge in [0.2, 0.25) is 0 Å². The van der Waals surface area contributed by atoms with E-state index in [0.29, 0.717) is 0 Å². The average Bonchev–Trinajstić information content (AvgIpc) is 3.67. The van der Waals surface area contributed by atoms with Gasteiger partial charge in [-0.05, 0) is 103 Å². The Morgan fingerprint density at radius 2 is 0.875 bits per heavy atom. The average molecular weight is 714 g/mol. The van der Waals surface area contributed by atoms with Crippen LogP contribution in [0.3, 0.4) is 0 Å². The molecule has 0 N–H and O–H groups in total. The fourth-order valence-corrected chi connectivity index (χ4v) is 8.63. The highest BCUT2D eigenvalue weighted by Gasteiger charge is 2.21. The van der Waals surface area contributed by atoms with Crippen LogP contribution in [0.5, 0.6) is 0 Å². The Bertz CT molecular complexity index is 3230. The van der Waals surface area contributed by atoms with Crippen molar-refractivity contribution in [3.8, 4) is 33.4 Å². The quantitative estimate of drug-likeness (QED) is 0.171. The van der Waals surface area contributed by atoms with Crippen LogP contribution in [-0.4, -0.2) is 0 Å². The highest BCUT2D eigenvalue weighted by Crippen LogP contribution is 2.46. The van der Waals surface area contributed by atoms with E-state index in [9.17, 15) is 0 Å². The summed E-state index contributed by atoms with van der Waals surface area (Å²) in [4.78, 5) is 2.38. The first-order valence-corrected chi connectivity index (χ1v) is 19.2. The fraction of sp³-hybridized carbons (Fsp3) is 0. The molecule has 0 fully saturated rings. The molecule has 0 saturated heterocycles. The summed E-state index contributed by atoms with van der Waals surface area (Å²) in [7, 11) is 0. The number of furan rings is 1. The van der Waals surface area contributed by atoms with Gasteiger partial charge in [-0.3, -0.25) is 0 Å². The third kappa shape index (κ3) is 5.26. The van der Waals surface area contributed by atoms with E-state index in [1.165, 1.54) is 60.3 Å². The lowest BCUT2D eigenvalue weighted by Gasteiger charge is -2.27. The summed E-state index contributed by atoms with van der Waals surface area (Å²) >= 11 is 0. The van der Waals surface area contributed by atoms with Gasteiger partial charge in [0, 0.05) is 22.1 Å². The molecule has 0 spiro atoms. The first kappa shape index (κ1) is 32.0. The van der Waals surface area contributed by atoms with Gasteiger partial charge >= 0.3 is 0 Å². The standard InChI is InChI=1S/C54H35NO/c1-2-15-41(16-3-1)52-46-19-8-5-13-37(46)28-34-47(52)40-26-32-43(33-27-40)55(42-30-24-39(25-31-42)45-21-10-17-36-12-4-7-18-44(36)45)50-22-11-23-51-53(50)49-35-29-38-14-6-9-20-48(38)54(49)56-51/h1-35H. The van der Waals surface area contributed by atoms with Crippen molar-refractivity contribution < 1.29 is 4.42 Å². The molecule has 0 saturated carbocycles. The number of fused-ring (bicyclic) bond motifs is 7. The molecule has 0 unspecified atom stereocenters. The molecule has 1 heterocycles. The molecule has 0 bridgehead atoms. The zero-order valence-corrected chi connectivity index (χ0v) is 30.6. The van der Waals surface area contributed by atoms with Gasteiger partial charge < -0.3 is 9.32 Å². The topological polar surface area (TPSA) is 16.4 Å². The van der Waals surface area contributed by atoms with Crippen LogP contribution in [0.15, 0.2) is 217 Å². The van der Waals surface area contributed by atoms with Crippen molar-refractivity contribution in [2.45, 2.75) is 0 Å². The maximum absolute atomic E-state index is 6.69. The molecule has 1 aromatic heterocycles. The van der Waals surface area contributed by atoms with Gasteiger partial charge in [0.15, 0.2) is 0 Å². The van der Waals surface area contributed by atoms with Crippen LogP contribution < -0.4 is 4.90 Å². The normalized spacial score (nSPS) is 11.6. The SMILES string of the molecule is c1ccc(-c2c(-c3ccc(N(c4ccc(-c5cccc6ccccc56)cc4)c4cccc5oc6c7ccccc7ccc6c45)cc3)ccc3ccccc23)cc1. The van der Waals surface area contributed by atoms with Crippen molar-refractivity contribution in [2.75, 3.05) is 4.90 Å². The van der Waals surface area contributed by atoms with Crippen molar-refractivity contribution in [3.63, 3.8) is 0 Å². The number of hydrogen-bond donors (Lipinski definition) is 0. The van der Waals surface area contributed by atoms with Gasteiger partial charge in [0.05, 0.1) is 11.1 Å². The second-order valence-corrected chi connectivity index (χ2v) is 14.4. The highest BCUT2D eigenvalue weighted by molar-refractivity contribution is 6.19. The molecule has 2 heteroatoms. The zero-order valence-electron chi connectivity index (χ0n) is 30.6. The lowest BCUT2D eigenvalue weighted by atomic mass is 9.90. The largest absolute Gasteiger partial charge is 0.455 e. The Hall–Kier alpha value is -7.42. The highest BCUT2D eigenvalue weighted by atomic mass is 16.3. The molecule has 0 aliphatic rings. The Balaban J connectivity index is 1.09. The van der Waals surface area contributed by atoms with Crippen LogP contribution in [-0.2, 0) is 0 Å². The predicted molar refractivity (Wildman–Crippen MR) is 237 cm³/mol. The van der Waals surface area contributed by atoms with Crippen LogP contribution in [0.1, 0.15) is 0 Å². The van der Waals surface area contributed by atoms with Gasteiger partial charge in [-0.25, -0.2) is 0 Å². The van der Waals surface area contributed by atoms with E-state index in [1.54, 1.807) is 0 Å². The number of anilines is 3. The van der Waals surface area contributed by atoms with Crippen molar-refractivity contribution in [2.24, 2.45) is 0 Å². The molecule has 0 aliphatic heterocycles. The summed E-state index contributed by atoms with van der Waals surface area (Å²) in [6, 6.07) is 76.4. The first-order valence-electron chi connectivity index (χ1n) is 19.2. The lowest BCUT2D eigenvalue weighted by Crippen LogP contribution is -2.10. The number of nitrogens with zero attached hydrogens (tertiary/aromatic N) is 1. The molecule has 0 radical (unpaired) electrons. The summed E-state index contributed by atoms with van der Waals surface area (Å²) in [6.45, 7) is 0. The van der Waals surface area contributed by atoms with Crippen molar-refractivity contribution in [1.82, 2.24) is 0 Å². The molecule has 11 rings (SSSR count). The Kier molecular flexibility index (Phi) is 7.53. The molecule has 262 valence electrons. The Morgan fingerprint density at radius 3 is 1.61 bits per heavy atom. The number of benzene rings is 10.